The summed E-state index contributed by atoms with van der Waals surface area (Å²) in [6.45, 7) is 0. The normalized spacial score (nSPS) is 10.4. The number of ether oxygens (including phenoxy) is 1. The van der Waals surface area contributed by atoms with E-state index in [-0.39, 0.29) is 5.69 Å². The molecule has 2 heterocycles. The van der Waals surface area contributed by atoms with Crippen LogP contribution in [0.5, 0.6) is 11.6 Å². The number of nitrogens with zero attached hydrogens (tertiary/aromatic N) is 3. The molecule has 3 rings (SSSR count). The summed E-state index contributed by atoms with van der Waals surface area (Å²) in [6.07, 6.45) is 2.89. The Labute approximate surface area is 113 Å². The number of pyridine rings is 2. The molecule has 0 unspecified atom stereocenters. The molecule has 0 aliphatic rings. The predicted octanol–water partition coefficient (Wildman–Crippen LogP) is 3.33. The minimum Gasteiger partial charge on any atom is -0.439 e. The summed E-state index contributed by atoms with van der Waals surface area (Å²) in [4.78, 5) is 18.1. The fourth-order valence-corrected chi connectivity index (χ4v) is 1.78. The average molecular weight is 267 g/mol. The lowest BCUT2D eigenvalue weighted by Crippen LogP contribution is -1.91. The van der Waals surface area contributed by atoms with Gasteiger partial charge in [0.15, 0.2) is 0 Å². The van der Waals surface area contributed by atoms with Crippen LogP contribution in [0.1, 0.15) is 0 Å². The number of hydrogen-bond donors (Lipinski definition) is 0. The first-order chi connectivity index (χ1) is 9.72. The van der Waals surface area contributed by atoms with Gasteiger partial charge in [0.25, 0.3) is 5.69 Å². The highest BCUT2D eigenvalue weighted by Gasteiger charge is 2.06. The highest BCUT2D eigenvalue weighted by molar-refractivity contribution is 5.79. The van der Waals surface area contributed by atoms with Gasteiger partial charge >= 0.3 is 0 Å². The molecule has 20 heavy (non-hydrogen) atoms. The van der Waals surface area contributed by atoms with Gasteiger partial charge in [0, 0.05) is 23.7 Å². The van der Waals surface area contributed by atoms with Crippen LogP contribution in [0.3, 0.4) is 0 Å². The van der Waals surface area contributed by atoms with Crippen LogP contribution in [0.4, 0.5) is 5.69 Å². The van der Waals surface area contributed by atoms with E-state index in [0.717, 1.165) is 17.1 Å². The van der Waals surface area contributed by atoms with E-state index in [2.05, 4.69) is 9.97 Å². The van der Waals surface area contributed by atoms with E-state index in [1.165, 1.54) is 12.1 Å². The Balaban J connectivity index is 1.87. The van der Waals surface area contributed by atoms with E-state index in [9.17, 15) is 10.1 Å². The molecule has 2 aromatic heterocycles. The van der Waals surface area contributed by atoms with Crippen LogP contribution < -0.4 is 4.74 Å². The third-order valence-corrected chi connectivity index (χ3v) is 2.73. The third-order valence-electron chi connectivity index (χ3n) is 2.73. The van der Waals surface area contributed by atoms with Crippen molar-refractivity contribution in [3.63, 3.8) is 0 Å². The zero-order valence-electron chi connectivity index (χ0n) is 10.3. The van der Waals surface area contributed by atoms with Crippen molar-refractivity contribution >= 4 is 16.6 Å². The molecule has 0 bridgehead atoms. The van der Waals surface area contributed by atoms with Crippen LogP contribution in [0.25, 0.3) is 10.9 Å². The molecule has 0 aliphatic heterocycles. The van der Waals surface area contributed by atoms with Crippen molar-refractivity contribution in [2.45, 2.75) is 0 Å². The minimum atomic E-state index is -0.502. The Morgan fingerprint density at radius 1 is 1.10 bits per heavy atom. The molecule has 0 spiro atoms. The Morgan fingerprint density at radius 3 is 2.75 bits per heavy atom. The molecule has 3 aromatic rings. The van der Waals surface area contributed by atoms with E-state index in [4.69, 9.17) is 4.74 Å². The number of hydrogen-bond acceptors (Lipinski definition) is 5. The zero-order chi connectivity index (χ0) is 13.9. The second-order valence-electron chi connectivity index (χ2n) is 4.07. The first kappa shape index (κ1) is 12.0. The molecule has 6 nitrogen and oxygen atoms in total. The minimum absolute atomic E-state index is 0.0694. The summed E-state index contributed by atoms with van der Waals surface area (Å²) >= 11 is 0. The first-order valence-corrected chi connectivity index (χ1v) is 5.85. The molecular weight excluding hydrogens is 258 g/mol. The van der Waals surface area contributed by atoms with Gasteiger partial charge in [-0.2, -0.15) is 0 Å². The van der Waals surface area contributed by atoms with Crippen molar-refractivity contribution in [1.29, 1.82) is 0 Å². The Morgan fingerprint density at radius 2 is 2.00 bits per heavy atom. The molecule has 0 N–H and O–H groups in total. The quantitative estimate of drug-likeness (QED) is 0.537. The lowest BCUT2D eigenvalue weighted by molar-refractivity contribution is -0.385. The first-order valence-electron chi connectivity index (χ1n) is 5.85. The standard InChI is InChI=1S/C14H9N3O3/c18-17(19)11-3-6-14(16-9-11)20-12-4-5-13-10(8-12)2-1-7-15-13/h1-9H. The SMILES string of the molecule is O=[N+]([O-])c1ccc(Oc2ccc3ncccc3c2)nc1. The monoisotopic (exact) mass is 267 g/mol. The van der Waals surface area contributed by atoms with E-state index < -0.39 is 4.92 Å². The zero-order valence-corrected chi connectivity index (χ0v) is 10.3. The summed E-state index contributed by atoms with van der Waals surface area (Å²) in [5, 5.41) is 11.5. The molecular formula is C14H9N3O3. The topological polar surface area (TPSA) is 78.2 Å². The van der Waals surface area contributed by atoms with Crippen LogP contribution in [-0.2, 0) is 0 Å². The summed E-state index contributed by atoms with van der Waals surface area (Å²) in [7, 11) is 0. The van der Waals surface area contributed by atoms with Gasteiger partial charge in [-0.3, -0.25) is 15.1 Å². The fraction of sp³-hybridized carbons (Fsp3) is 0. The summed E-state index contributed by atoms with van der Waals surface area (Å²) in [5.41, 5.74) is 0.802. The van der Waals surface area contributed by atoms with Gasteiger partial charge in [0.05, 0.1) is 10.4 Å². The molecule has 0 radical (unpaired) electrons. The van der Waals surface area contributed by atoms with E-state index >= 15 is 0 Å². The molecule has 0 saturated heterocycles. The molecule has 0 atom stereocenters. The number of fused-ring (bicyclic) bond motifs is 1. The van der Waals surface area contributed by atoms with Crippen LogP contribution in [-0.4, -0.2) is 14.9 Å². The van der Waals surface area contributed by atoms with Gasteiger partial charge in [-0.15, -0.1) is 0 Å². The van der Waals surface area contributed by atoms with Crippen molar-refractivity contribution in [2.75, 3.05) is 0 Å². The fourth-order valence-electron chi connectivity index (χ4n) is 1.78. The molecule has 98 valence electrons. The lowest BCUT2D eigenvalue weighted by atomic mass is 10.2. The second-order valence-corrected chi connectivity index (χ2v) is 4.07. The Bertz CT molecular complexity index is 772. The van der Waals surface area contributed by atoms with Crippen LogP contribution in [0, 0.1) is 10.1 Å². The van der Waals surface area contributed by atoms with Gasteiger partial charge < -0.3 is 4.74 Å². The van der Waals surface area contributed by atoms with Crippen molar-refractivity contribution in [3.8, 4) is 11.6 Å². The smallest absolute Gasteiger partial charge is 0.287 e. The van der Waals surface area contributed by atoms with E-state index in [1.807, 2.05) is 24.3 Å². The molecule has 0 saturated carbocycles. The van der Waals surface area contributed by atoms with Gasteiger partial charge in [0.1, 0.15) is 11.9 Å². The van der Waals surface area contributed by atoms with Crippen molar-refractivity contribution in [1.82, 2.24) is 9.97 Å². The number of nitro groups is 1. The molecule has 6 heteroatoms. The highest BCUT2D eigenvalue weighted by Crippen LogP contribution is 2.24. The average Bonchev–Trinajstić information content (AvgIpc) is 2.48. The van der Waals surface area contributed by atoms with Crippen molar-refractivity contribution in [3.05, 3.63) is 65.0 Å². The van der Waals surface area contributed by atoms with Crippen molar-refractivity contribution < 1.29 is 9.66 Å². The molecule has 0 amide bonds. The molecule has 1 aromatic carbocycles. The summed E-state index contributed by atoms with van der Waals surface area (Å²) < 4.78 is 5.56. The highest BCUT2D eigenvalue weighted by atomic mass is 16.6. The lowest BCUT2D eigenvalue weighted by Gasteiger charge is -2.05. The van der Waals surface area contributed by atoms with Crippen LogP contribution in [0.15, 0.2) is 54.9 Å². The van der Waals surface area contributed by atoms with Crippen molar-refractivity contribution in [2.24, 2.45) is 0 Å². The van der Waals surface area contributed by atoms with Gasteiger partial charge in [-0.1, -0.05) is 6.07 Å². The Kier molecular flexibility index (Phi) is 2.96. The van der Waals surface area contributed by atoms with Crippen LogP contribution in [0.2, 0.25) is 0 Å². The number of benzene rings is 1. The summed E-state index contributed by atoms with van der Waals surface area (Å²) in [5.74, 6) is 0.908. The Hall–Kier alpha value is -3.02. The summed E-state index contributed by atoms with van der Waals surface area (Å²) in [6, 6.07) is 12.0. The van der Waals surface area contributed by atoms with Crippen LogP contribution >= 0.6 is 0 Å². The molecule has 0 aliphatic carbocycles. The van der Waals surface area contributed by atoms with E-state index in [1.54, 1.807) is 12.3 Å². The predicted molar refractivity (Wildman–Crippen MR) is 72.7 cm³/mol. The number of rotatable bonds is 3. The number of aromatic nitrogens is 2. The van der Waals surface area contributed by atoms with Gasteiger partial charge in [-0.25, -0.2) is 4.98 Å². The second kappa shape index (κ2) is 4.93. The maximum atomic E-state index is 10.5. The largest absolute Gasteiger partial charge is 0.439 e. The third kappa shape index (κ3) is 2.39. The van der Waals surface area contributed by atoms with E-state index in [0.29, 0.717) is 11.6 Å². The van der Waals surface area contributed by atoms with Gasteiger partial charge in [0.2, 0.25) is 5.88 Å². The van der Waals surface area contributed by atoms with Gasteiger partial charge in [-0.05, 0) is 24.3 Å². The maximum Gasteiger partial charge on any atom is 0.287 e. The molecule has 0 fully saturated rings. The maximum absolute atomic E-state index is 10.5.